The molecule has 0 bridgehead atoms. The molecule has 1 amide bonds. The van der Waals surface area contributed by atoms with Crippen molar-refractivity contribution in [2.75, 3.05) is 10.7 Å². The van der Waals surface area contributed by atoms with Gasteiger partial charge in [0.05, 0.1) is 6.04 Å². The van der Waals surface area contributed by atoms with Crippen molar-refractivity contribution in [2.45, 2.75) is 49.6 Å². The first-order valence-corrected chi connectivity index (χ1v) is 11.0. The van der Waals surface area contributed by atoms with E-state index in [-0.39, 0.29) is 17.8 Å². The number of hydrogen-bond donors (Lipinski definition) is 2. The van der Waals surface area contributed by atoms with Crippen LogP contribution in [0, 0.1) is 5.82 Å². The summed E-state index contributed by atoms with van der Waals surface area (Å²) in [4.78, 5) is 13.2. The summed E-state index contributed by atoms with van der Waals surface area (Å²) in [6.07, 6.45) is 2.71. The van der Waals surface area contributed by atoms with E-state index in [4.69, 9.17) is 0 Å². The van der Waals surface area contributed by atoms with E-state index in [1.165, 1.54) is 29.5 Å². The molecule has 2 atom stereocenters. The van der Waals surface area contributed by atoms with Crippen molar-refractivity contribution in [3.05, 3.63) is 71.3 Å². The second kappa shape index (κ2) is 8.87. The molecule has 0 saturated carbocycles. The van der Waals surface area contributed by atoms with Crippen LogP contribution in [0.4, 0.5) is 10.1 Å². The molecule has 2 heterocycles. The second-order valence-electron chi connectivity index (χ2n) is 7.22. The van der Waals surface area contributed by atoms with Crippen LogP contribution in [0.3, 0.4) is 0 Å². The van der Waals surface area contributed by atoms with Crippen LogP contribution in [0.15, 0.2) is 53.7 Å². The molecule has 1 aromatic heterocycles. The quantitative estimate of drug-likeness (QED) is 0.615. The number of thioether (sulfide) groups is 1. The number of amides is 1. The highest BCUT2D eigenvalue weighted by atomic mass is 32.2. The van der Waals surface area contributed by atoms with Crippen LogP contribution < -0.4 is 10.7 Å². The van der Waals surface area contributed by atoms with E-state index in [1.54, 1.807) is 12.1 Å². The minimum absolute atomic E-state index is 0.171. The number of halogens is 1. The normalized spacial score (nSPS) is 17.8. The molecule has 0 aliphatic carbocycles. The second-order valence-corrected chi connectivity index (χ2v) is 8.33. The zero-order valence-corrected chi connectivity index (χ0v) is 17.7. The standard InChI is InChI=1S/C22H24FN5OS/c1-3-5-18-25-26-22-28(18)27-19(15-8-6-14(4-2)7-9-15)20(30-22)21(29)24-17-12-10-16(23)11-13-17/h6-13,19-20,27H,3-5H2,1-2H3,(H,24,29). The first kappa shape index (κ1) is 20.4. The highest BCUT2D eigenvalue weighted by molar-refractivity contribution is 8.00. The molecule has 0 radical (unpaired) electrons. The van der Waals surface area contributed by atoms with Crippen LogP contribution in [-0.4, -0.2) is 26.0 Å². The van der Waals surface area contributed by atoms with Gasteiger partial charge in [-0.1, -0.05) is 49.9 Å². The maximum Gasteiger partial charge on any atom is 0.240 e. The fraction of sp³-hybridized carbons (Fsp3) is 0.318. The number of nitrogens with zero attached hydrogens (tertiary/aromatic N) is 3. The van der Waals surface area contributed by atoms with Gasteiger partial charge in [0.2, 0.25) is 11.1 Å². The molecular weight excluding hydrogens is 401 g/mol. The molecule has 0 saturated heterocycles. The Labute approximate surface area is 179 Å². The van der Waals surface area contributed by atoms with Crippen molar-refractivity contribution >= 4 is 23.4 Å². The summed E-state index contributed by atoms with van der Waals surface area (Å²) in [7, 11) is 0. The summed E-state index contributed by atoms with van der Waals surface area (Å²) in [5, 5.41) is 11.7. The third kappa shape index (κ3) is 4.18. The summed E-state index contributed by atoms with van der Waals surface area (Å²) in [6.45, 7) is 4.21. The average molecular weight is 426 g/mol. The van der Waals surface area contributed by atoms with Crippen LogP contribution in [0.25, 0.3) is 0 Å². The van der Waals surface area contributed by atoms with Gasteiger partial charge in [-0.05, 0) is 48.2 Å². The van der Waals surface area contributed by atoms with Crippen molar-refractivity contribution in [1.29, 1.82) is 0 Å². The van der Waals surface area contributed by atoms with Crippen molar-refractivity contribution in [1.82, 2.24) is 14.9 Å². The molecule has 156 valence electrons. The topological polar surface area (TPSA) is 71.8 Å². The summed E-state index contributed by atoms with van der Waals surface area (Å²) < 4.78 is 15.1. The number of carbonyl (C=O) groups excluding carboxylic acids is 1. The van der Waals surface area contributed by atoms with Crippen molar-refractivity contribution in [3.63, 3.8) is 0 Å². The molecule has 30 heavy (non-hydrogen) atoms. The summed E-state index contributed by atoms with van der Waals surface area (Å²) in [5.74, 6) is 0.342. The van der Waals surface area contributed by atoms with Crippen LogP contribution in [0.2, 0.25) is 0 Å². The predicted octanol–water partition coefficient (Wildman–Crippen LogP) is 4.33. The van der Waals surface area contributed by atoms with Gasteiger partial charge < -0.3 is 10.7 Å². The van der Waals surface area contributed by atoms with Crippen LogP contribution in [-0.2, 0) is 17.6 Å². The number of aromatic nitrogens is 3. The lowest BCUT2D eigenvalue weighted by Gasteiger charge is -2.33. The number of nitrogens with one attached hydrogen (secondary N) is 2. The molecule has 0 spiro atoms. The van der Waals surface area contributed by atoms with E-state index in [0.717, 1.165) is 30.7 Å². The Balaban J connectivity index is 1.65. The lowest BCUT2D eigenvalue weighted by Crippen LogP contribution is -2.41. The Bertz CT molecular complexity index is 1020. The monoisotopic (exact) mass is 425 g/mol. The molecule has 3 aromatic rings. The first-order chi connectivity index (χ1) is 14.6. The molecule has 2 aromatic carbocycles. The van der Waals surface area contributed by atoms with Gasteiger partial charge in [0, 0.05) is 12.1 Å². The fourth-order valence-corrected chi connectivity index (χ4v) is 4.54. The number of anilines is 1. The van der Waals surface area contributed by atoms with Gasteiger partial charge in [-0.25, -0.2) is 9.07 Å². The molecule has 0 fully saturated rings. The van der Waals surface area contributed by atoms with Gasteiger partial charge in [0.25, 0.3) is 0 Å². The van der Waals surface area contributed by atoms with Crippen LogP contribution >= 0.6 is 11.8 Å². The number of fused-ring (bicyclic) bond motifs is 1. The zero-order valence-electron chi connectivity index (χ0n) is 16.9. The third-order valence-electron chi connectivity index (χ3n) is 5.09. The maximum absolute atomic E-state index is 13.2. The van der Waals surface area contributed by atoms with E-state index in [1.807, 2.05) is 4.68 Å². The van der Waals surface area contributed by atoms with E-state index in [9.17, 15) is 9.18 Å². The predicted molar refractivity (Wildman–Crippen MR) is 117 cm³/mol. The number of benzene rings is 2. The molecule has 1 aliphatic heterocycles. The lowest BCUT2D eigenvalue weighted by atomic mass is 10.0. The summed E-state index contributed by atoms with van der Waals surface area (Å²) in [6, 6.07) is 13.8. The maximum atomic E-state index is 13.2. The van der Waals surface area contributed by atoms with Crippen LogP contribution in [0.5, 0.6) is 0 Å². The highest BCUT2D eigenvalue weighted by Crippen LogP contribution is 2.37. The smallest absolute Gasteiger partial charge is 0.240 e. The van der Waals surface area contributed by atoms with E-state index in [2.05, 4.69) is 59.1 Å². The zero-order chi connectivity index (χ0) is 21.1. The van der Waals surface area contributed by atoms with Gasteiger partial charge in [-0.3, -0.25) is 4.79 Å². The molecule has 1 aliphatic rings. The van der Waals surface area contributed by atoms with Gasteiger partial charge in [0.1, 0.15) is 11.1 Å². The largest absolute Gasteiger partial charge is 0.325 e. The molecule has 2 unspecified atom stereocenters. The minimum atomic E-state index is -0.464. The van der Waals surface area contributed by atoms with E-state index >= 15 is 0 Å². The Morgan fingerprint density at radius 2 is 1.87 bits per heavy atom. The Kier molecular flexibility index (Phi) is 6.03. The molecule has 6 nitrogen and oxygen atoms in total. The average Bonchev–Trinajstić information content (AvgIpc) is 3.16. The van der Waals surface area contributed by atoms with Gasteiger partial charge in [-0.2, -0.15) is 0 Å². The van der Waals surface area contributed by atoms with Crippen molar-refractivity contribution in [3.8, 4) is 0 Å². The van der Waals surface area contributed by atoms with Gasteiger partial charge >= 0.3 is 0 Å². The Morgan fingerprint density at radius 3 is 2.53 bits per heavy atom. The number of hydrogen-bond acceptors (Lipinski definition) is 5. The van der Waals surface area contributed by atoms with Crippen LogP contribution in [0.1, 0.15) is 43.3 Å². The fourth-order valence-electron chi connectivity index (χ4n) is 3.44. The first-order valence-electron chi connectivity index (χ1n) is 10.1. The van der Waals surface area contributed by atoms with Gasteiger partial charge in [0.15, 0.2) is 5.82 Å². The Hall–Kier alpha value is -2.87. The summed E-state index contributed by atoms with van der Waals surface area (Å²) in [5.41, 5.74) is 6.27. The molecule has 2 N–H and O–H groups in total. The van der Waals surface area contributed by atoms with E-state index < -0.39 is 5.25 Å². The molecule has 8 heteroatoms. The SMILES string of the molecule is CCCc1nnc2n1NC(c1ccc(CC)cc1)C(C(=O)Nc1ccc(F)cc1)S2. The Morgan fingerprint density at radius 1 is 1.13 bits per heavy atom. The summed E-state index contributed by atoms with van der Waals surface area (Å²) >= 11 is 1.39. The van der Waals surface area contributed by atoms with Crippen molar-refractivity contribution in [2.24, 2.45) is 0 Å². The number of aryl methyl sites for hydroxylation is 2. The third-order valence-corrected chi connectivity index (χ3v) is 6.31. The molecule has 4 rings (SSSR count). The minimum Gasteiger partial charge on any atom is -0.325 e. The van der Waals surface area contributed by atoms with Crippen molar-refractivity contribution < 1.29 is 9.18 Å². The number of carbonyl (C=O) groups is 1. The number of rotatable bonds is 6. The van der Waals surface area contributed by atoms with Gasteiger partial charge in [-0.15, -0.1) is 10.2 Å². The highest BCUT2D eigenvalue weighted by Gasteiger charge is 2.37. The molecular formula is C22H24FN5OS. The lowest BCUT2D eigenvalue weighted by molar-refractivity contribution is -0.116. The van der Waals surface area contributed by atoms with E-state index in [0.29, 0.717) is 10.8 Å².